The highest BCUT2D eigenvalue weighted by molar-refractivity contribution is 5.03. The molecule has 6 N–H and O–H groups in total. The summed E-state index contributed by atoms with van der Waals surface area (Å²) in [7, 11) is 0. The van der Waals surface area contributed by atoms with Crippen LogP contribution in [0.3, 0.4) is 0 Å². The molecule has 99 heavy (non-hydrogen) atoms. The highest BCUT2D eigenvalue weighted by Crippen LogP contribution is 2.35. The number of hydrogen-bond donors (Lipinski definition) is 0. The van der Waals surface area contributed by atoms with Gasteiger partial charge in [0.1, 0.15) is 24.7 Å². The summed E-state index contributed by atoms with van der Waals surface area (Å²) in [6.07, 6.45) is 48.2. The van der Waals surface area contributed by atoms with E-state index in [4.69, 9.17) is 0 Å². The monoisotopic (exact) mass is 1440 g/mol. The van der Waals surface area contributed by atoms with Crippen LogP contribution in [-0.2, 0) is 0 Å². The fraction of sp³-hybridized carbons (Fsp3) is 0.935. The van der Waals surface area contributed by atoms with Crippen molar-refractivity contribution in [3.63, 3.8) is 0 Å². The Morgan fingerprint density at radius 2 is 0.424 bits per heavy atom. The molecule has 0 aromatic heterocycles. The van der Waals surface area contributed by atoms with Crippen LogP contribution >= 0.6 is 0 Å². The molecular formula is C92H208F4O3. The Kier molecular flexibility index (Phi) is 105. The predicted molar refractivity (Wildman–Crippen MR) is 465 cm³/mol. The van der Waals surface area contributed by atoms with Gasteiger partial charge >= 0.3 is 0 Å². The standard InChI is InChI=1S/C8H14F2.2C8H15F.4C8H16.3C8H14.12CH4.3H2O.2H2/c1-5-3-4-6(2)8(10)7(5)9;2*1-6-3-4-7(2)8(9)5-6;7*1-7-3-5-8(2)6-4-7;;;;;;;;;;;;;;;;;/h5-8H,3-4H2,1-2H3;2*6-8H,3-5H2,1-2H3;4*7-8H,3-6H2,1-2H3;2*3,8H,4-6H2,1-2H3;3,5,7-8H,4,6H2,1-2H3;12*1H4;3*1H2;2*1H. The first-order valence-electron chi connectivity index (χ1n) is 37.1. The molecule has 7 fully saturated rings. The summed E-state index contributed by atoms with van der Waals surface area (Å²) in [6, 6.07) is 0. The third kappa shape index (κ3) is 69.6. The summed E-state index contributed by atoms with van der Waals surface area (Å²) >= 11 is 0. The Bertz CT molecular complexity index is 1450. The third-order valence-electron chi connectivity index (χ3n) is 22.1. The smallest absolute Gasteiger partial charge is 0.134 e. The molecule has 0 bridgehead atoms. The van der Waals surface area contributed by atoms with Crippen molar-refractivity contribution in [3.05, 3.63) is 35.5 Å². The largest absolute Gasteiger partial charge is 0.412 e. The van der Waals surface area contributed by atoms with Gasteiger partial charge in [-0.25, -0.2) is 17.6 Å². The summed E-state index contributed by atoms with van der Waals surface area (Å²) in [4.78, 5) is 0. The molecule has 14 atom stereocenters. The molecule has 622 valence electrons. The molecule has 10 aliphatic rings. The van der Waals surface area contributed by atoms with Crippen molar-refractivity contribution >= 4 is 0 Å². The molecule has 7 heteroatoms. The van der Waals surface area contributed by atoms with Crippen molar-refractivity contribution in [1.29, 1.82) is 0 Å². The van der Waals surface area contributed by atoms with Crippen LogP contribution in [0.4, 0.5) is 17.6 Å². The van der Waals surface area contributed by atoms with E-state index in [1.807, 2.05) is 13.8 Å². The zero-order chi connectivity index (χ0) is 63.3. The van der Waals surface area contributed by atoms with E-state index in [1.54, 1.807) is 25.0 Å². The highest BCUT2D eigenvalue weighted by atomic mass is 19.2. The second-order valence-corrected chi connectivity index (χ2v) is 32.5. The first-order valence-corrected chi connectivity index (χ1v) is 37.1. The molecular weight excluding hydrogens is 1230 g/mol. The van der Waals surface area contributed by atoms with Crippen molar-refractivity contribution in [1.82, 2.24) is 0 Å². The van der Waals surface area contributed by atoms with E-state index in [0.717, 1.165) is 110 Å². The Morgan fingerprint density at radius 1 is 0.242 bits per heavy atom. The predicted octanol–water partition coefficient (Wildman–Crippen LogP) is 33.4. The maximum atomic E-state index is 12.8. The summed E-state index contributed by atoms with van der Waals surface area (Å²) in [5.41, 5.74) is 3.17. The zero-order valence-corrected chi connectivity index (χ0v) is 61.7. The molecule has 0 heterocycles. The number of alkyl halides is 4. The first kappa shape index (κ1) is 134. The third-order valence-corrected chi connectivity index (χ3v) is 22.1. The maximum Gasteiger partial charge on any atom is 0.134 e. The highest BCUT2D eigenvalue weighted by Gasteiger charge is 2.35. The van der Waals surface area contributed by atoms with E-state index in [0.29, 0.717) is 23.7 Å². The molecule has 10 rings (SSSR count). The van der Waals surface area contributed by atoms with Crippen molar-refractivity contribution < 1.29 is 36.8 Å². The Hall–Kier alpha value is -1.18. The quantitative estimate of drug-likeness (QED) is 0.171. The molecule has 0 aromatic carbocycles. The molecule has 3 nitrogen and oxygen atoms in total. The molecule has 0 amide bonds. The number of allylic oxidation sites excluding steroid dienone is 6. The van der Waals surface area contributed by atoms with E-state index in [1.165, 1.54) is 167 Å². The Morgan fingerprint density at radius 3 is 0.566 bits per heavy atom. The van der Waals surface area contributed by atoms with Gasteiger partial charge in [0.2, 0.25) is 0 Å². The second kappa shape index (κ2) is 77.9. The van der Waals surface area contributed by atoms with Crippen LogP contribution in [0.15, 0.2) is 35.5 Å². The van der Waals surface area contributed by atoms with Gasteiger partial charge in [-0.15, -0.1) is 0 Å². The fourth-order valence-electron chi connectivity index (χ4n) is 13.4. The lowest BCUT2D eigenvalue weighted by molar-refractivity contribution is 0.0367. The number of rotatable bonds is 0. The second-order valence-electron chi connectivity index (χ2n) is 32.5. The summed E-state index contributed by atoms with van der Waals surface area (Å²) in [5.74, 6) is 13.5. The minimum absolute atomic E-state index is 0. The van der Waals surface area contributed by atoms with Gasteiger partial charge in [0.05, 0.1) is 0 Å². The Labute approximate surface area is 633 Å². The lowest BCUT2D eigenvalue weighted by atomic mass is 9.81. The lowest BCUT2D eigenvalue weighted by Crippen LogP contribution is -2.35. The van der Waals surface area contributed by atoms with Gasteiger partial charge in [-0.05, 0) is 210 Å². The summed E-state index contributed by atoms with van der Waals surface area (Å²) in [6.45, 7) is 44.5. The van der Waals surface area contributed by atoms with Gasteiger partial charge in [-0.2, -0.15) is 0 Å². The van der Waals surface area contributed by atoms with E-state index in [2.05, 4.69) is 135 Å². The number of hydrogen-bond acceptors (Lipinski definition) is 0. The maximum absolute atomic E-state index is 12.8. The van der Waals surface area contributed by atoms with E-state index in [9.17, 15) is 17.6 Å². The van der Waals surface area contributed by atoms with Gasteiger partial charge < -0.3 is 16.4 Å². The van der Waals surface area contributed by atoms with Crippen molar-refractivity contribution in [3.8, 4) is 0 Å². The molecule has 0 radical (unpaired) electrons. The average Bonchev–Trinajstić information content (AvgIpc) is 0.880. The molecule has 14 unspecified atom stereocenters. The van der Waals surface area contributed by atoms with Crippen LogP contribution in [0.2, 0.25) is 0 Å². The minimum atomic E-state index is -1.22. The Balaban J connectivity index is -0.0000000508. The van der Waals surface area contributed by atoms with Gasteiger partial charge in [-0.3, -0.25) is 0 Å². The minimum Gasteiger partial charge on any atom is -0.412 e. The molecule has 0 saturated heterocycles. The molecule has 0 aliphatic heterocycles. The summed E-state index contributed by atoms with van der Waals surface area (Å²) in [5, 5.41) is 0. The average molecular weight is 1440 g/mol. The fourth-order valence-corrected chi connectivity index (χ4v) is 13.4. The SMILES string of the molecule is C.C.C.C.C.C.C.C.C.C.C.C.CC1=CCC(C)CC1.CC1=CCC(C)CC1.CC1C=CC(C)CC1.CC1CCC(C)C(F)C1.CC1CCC(C)C(F)C1.CC1CCC(C)C(F)C1F.CC1CCC(C)CC1.CC1CCC(C)CC1.CC1CCC(C)CC1.CC1CCC(C)CC1.O.O.O.[HH].[HH]. The van der Waals surface area contributed by atoms with E-state index >= 15 is 0 Å². The summed E-state index contributed by atoms with van der Waals surface area (Å²) < 4.78 is 51.3. The van der Waals surface area contributed by atoms with E-state index < -0.39 is 24.7 Å². The van der Waals surface area contributed by atoms with Crippen LogP contribution in [0.25, 0.3) is 0 Å². The van der Waals surface area contributed by atoms with Crippen LogP contribution in [0.5, 0.6) is 0 Å². The van der Waals surface area contributed by atoms with Crippen LogP contribution in [-0.4, -0.2) is 41.1 Å². The van der Waals surface area contributed by atoms with Crippen molar-refractivity contribution in [2.75, 3.05) is 0 Å². The van der Waals surface area contributed by atoms with E-state index in [-0.39, 0.29) is 120 Å². The van der Waals surface area contributed by atoms with Gasteiger partial charge in [0, 0.05) is 2.85 Å². The van der Waals surface area contributed by atoms with Crippen LogP contribution in [0, 0.1) is 107 Å². The van der Waals surface area contributed by atoms with Gasteiger partial charge in [0.25, 0.3) is 0 Å². The molecule has 0 aromatic rings. The number of halogens is 4. The first-order chi connectivity index (χ1) is 39.5. The van der Waals surface area contributed by atoms with Gasteiger partial charge in [-0.1, -0.05) is 365 Å². The lowest BCUT2D eigenvalue weighted by Gasteiger charge is -2.30. The van der Waals surface area contributed by atoms with Crippen LogP contribution in [0.1, 0.15) is 436 Å². The molecule has 0 spiro atoms. The zero-order valence-electron chi connectivity index (χ0n) is 61.7. The molecule has 10 aliphatic carbocycles. The van der Waals surface area contributed by atoms with Crippen LogP contribution < -0.4 is 0 Å². The topological polar surface area (TPSA) is 94.5 Å². The normalized spacial score (nSPS) is 33.9. The molecule has 7 saturated carbocycles. The van der Waals surface area contributed by atoms with Crippen molar-refractivity contribution in [2.45, 2.75) is 458 Å². The van der Waals surface area contributed by atoms with Crippen molar-refractivity contribution in [2.24, 2.45) is 107 Å². The van der Waals surface area contributed by atoms with Gasteiger partial charge in [0.15, 0.2) is 0 Å².